The van der Waals surface area contributed by atoms with Gasteiger partial charge < -0.3 is 14.6 Å². The zero-order valence-corrected chi connectivity index (χ0v) is 17.0. The molecule has 1 saturated heterocycles. The molecule has 1 aliphatic rings. The molecule has 0 radical (unpaired) electrons. The van der Waals surface area contributed by atoms with E-state index in [9.17, 15) is 14.7 Å². The summed E-state index contributed by atoms with van der Waals surface area (Å²) in [5.41, 5.74) is 2.70. The van der Waals surface area contributed by atoms with Crippen LogP contribution in [0.5, 0.6) is 0 Å². The van der Waals surface area contributed by atoms with Crippen LogP contribution in [0.15, 0.2) is 35.5 Å². The molecular formula is C21H23ClN4O3. The average Bonchev–Trinajstić information content (AvgIpc) is 3.35. The van der Waals surface area contributed by atoms with Gasteiger partial charge in [-0.1, -0.05) is 17.7 Å². The average molecular weight is 415 g/mol. The van der Waals surface area contributed by atoms with Gasteiger partial charge in [0.25, 0.3) is 5.56 Å². The Labute approximate surface area is 173 Å². The largest absolute Gasteiger partial charge is 0.395 e. The summed E-state index contributed by atoms with van der Waals surface area (Å²) in [6.45, 7) is 3.63. The van der Waals surface area contributed by atoms with Crippen LogP contribution >= 0.6 is 11.6 Å². The summed E-state index contributed by atoms with van der Waals surface area (Å²) in [7, 11) is 0. The molecule has 3 aromatic rings. The van der Waals surface area contributed by atoms with Crippen LogP contribution < -0.4 is 5.56 Å². The molecule has 0 unspecified atom stereocenters. The molecule has 0 spiro atoms. The minimum Gasteiger partial charge on any atom is -0.395 e. The first-order valence-corrected chi connectivity index (χ1v) is 10.1. The molecule has 4 rings (SSSR count). The maximum Gasteiger partial charge on any atom is 0.263 e. The topological polar surface area (TPSA) is 80.4 Å². The van der Waals surface area contributed by atoms with Crippen LogP contribution in [0.25, 0.3) is 22.2 Å². The van der Waals surface area contributed by atoms with Gasteiger partial charge in [0.05, 0.1) is 12.0 Å². The van der Waals surface area contributed by atoms with Crippen molar-refractivity contribution in [3.05, 3.63) is 51.7 Å². The van der Waals surface area contributed by atoms with Crippen molar-refractivity contribution in [1.82, 2.24) is 19.0 Å². The monoisotopic (exact) mass is 414 g/mol. The summed E-state index contributed by atoms with van der Waals surface area (Å²) in [4.78, 5) is 32.1. The van der Waals surface area contributed by atoms with E-state index >= 15 is 0 Å². The number of nitrogens with zero attached hydrogens (tertiary/aromatic N) is 4. The number of likely N-dealkylation sites (tertiary alicyclic amines) is 1. The van der Waals surface area contributed by atoms with Gasteiger partial charge in [0.15, 0.2) is 0 Å². The van der Waals surface area contributed by atoms with E-state index in [1.165, 1.54) is 10.9 Å². The van der Waals surface area contributed by atoms with Gasteiger partial charge in [-0.2, -0.15) is 0 Å². The molecule has 8 heteroatoms. The fourth-order valence-electron chi connectivity index (χ4n) is 3.85. The van der Waals surface area contributed by atoms with Gasteiger partial charge in [-0.3, -0.25) is 14.2 Å². The highest BCUT2D eigenvalue weighted by molar-refractivity contribution is 6.31. The number of aryl methyl sites for hydroxylation is 1. The SMILES string of the molecule is Cc1cc(-c2cn(CCO)c3ncn(CC(=O)N4CCCC4)c(=O)c23)ccc1Cl. The number of amides is 1. The molecule has 3 heterocycles. The Morgan fingerprint density at radius 1 is 1.24 bits per heavy atom. The Hall–Kier alpha value is -2.64. The molecule has 2 aromatic heterocycles. The lowest BCUT2D eigenvalue weighted by atomic mass is 10.0. The number of aliphatic hydroxyl groups is 1. The lowest BCUT2D eigenvalue weighted by Gasteiger charge is -2.15. The van der Waals surface area contributed by atoms with E-state index in [0.29, 0.717) is 28.2 Å². The number of fused-ring (bicyclic) bond motifs is 1. The number of hydrogen-bond donors (Lipinski definition) is 1. The van der Waals surface area contributed by atoms with Crippen LogP contribution in [-0.4, -0.2) is 49.7 Å². The summed E-state index contributed by atoms with van der Waals surface area (Å²) < 4.78 is 3.14. The van der Waals surface area contributed by atoms with Gasteiger partial charge in [0, 0.05) is 36.4 Å². The number of benzene rings is 1. The van der Waals surface area contributed by atoms with Crippen LogP contribution in [-0.2, 0) is 17.9 Å². The molecule has 0 bridgehead atoms. The summed E-state index contributed by atoms with van der Waals surface area (Å²) in [5.74, 6) is -0.0653. The first kappa shape index (κ1) is 19.7. The minimum atomic E-state index is -0.262. The number of halogens is 1. The third kappa shape index (κ3) is 3.68. The van der Waals surface area contributed by atoms with Gasteiger partial charge in [-0.25, -0.2) is 4.98 Å². The maximum atomic E-state index is 13.3. The fraction of sp³-hybridized carbons (Fsp3) is 0.381. The summed E-state index contributed by atoms with van der Waals surface area (Å²) in [6, 6.07) is 5.58. The van der Waals surface area contributed by atoms with Crippen LogP contribution in [0.3, 0.4) is 0 Å². The van der Waals surface area contributed by atoms with Crippen molar-refractivity contribution in [2.75, 3.05) is 19.7 Å². The third-order valence-corrected chi connectivity index (χ3v) is 5.84. The van der Waals surface area contributed by atoms with Crippen molar-refractivity contribution in [1.29, 1.82) is 0 Å². The second-order valence-electron chi connectivity index (χ2n) is 7.39. The molecule has 0 aliphatic carbocycles. The predicted octanol–water partition coefficient (Wildman–Crippen LogP) is 2.44. The van der Waals surface area contributed by atoms with E-state index in [2.05, 4.69) is 4.98 Å². The van der Waals surface area contributed by atoms with E-state index in [-0.39, 0.29) is 24.6 Å². The number of rotatable bonds is 5. The van der Waals surface area contributed by atoms with Crippen molar-refractivity contribution in [3.8, 4) is 11.1 Å². The van der Waals surface area contributed by atoms with Gasteiger partial charge >= 0.3 is 0 Å². The van der Waals surface area contributed by atoms with E-state index in [0.717, 1.165) is 37.1 Å². The number of carbonyl (C=O) groups is 1. The van der Waals surface area contributed by atoms with Crippen molar-refractivity contribution >= 4 is 28.5 Å². The smallest absolute Gasteiger partial charge is 0.263 e. The summed E-state index contributed by atoms with van der Waals surface area (Å²) >= 11 is 6.16. The molecular weight excluding hydrogens is 392 g/mol. The molecule has 0 saturated carbocycles. The molecule has 29 heavy (non-hydrogen) atoms. The van der Waals surface area contributed by atoms with Crippen LogP contribution in [0.1, 0.15) is 18.4 Å². The molecule has 7 nitrogen and oxygen atoms in total. The highest BCUT2D eigenvalue weighted by atomic mass is 35.5. The van der Waals surface area contributed by atoms with E-state index < -0.39 is 0 Å². The molecule has 1 aliphatic heterocycles. The molecule has 152 valence electrons. The van der Waals surface area contributed by atoms with Crippen molar-refractivity contribution in [3.63, 3.8) is 0 Å². The molecule has 1 fully saturated rings. The van der Waals surface area contributed by atoms with Crippen molar-refractivity contribution in [2.24, 2.45) is 0 Å². The predicted molar refractivity (Wildman–Crippen MR) is 112 cm³/mol. The zero-order chi connectivity index (χ0) is 20.5. The Kier molecular flexibility index (Phi) is 5.43. The van der Waals surface area contributed by atoms with Crippen LogP contribution in [0, 0.1) is 6.92 Å². The molecule has 1 N–H and O–H groups in total. The molecule has 1 amide bonds. The number of hydrogen-bond acceptors (Lipinski definition) is 4. The lowest BCUT2D eigenvalue weighted by Crippen LogP contribution is -2.34. The van der Waals surface area contributed by atoms with Crippen LogP contribution in [0.4, 0.5) is 0 Å². The Bertz CT molecular complexity index is 1130. The third-order valence-electron chi connectivity index (χ3n) is 5.42. The summed E-state index contributed by atoms with van der Waals surface area (Å²) in [5, 5.41) is 10.5. The fourth-order valence-corrected chi connectivity index (χ4v) is 3.97. The second kappa shape index (κ2) is 8.00. The Morgan fingerprint density at radius 2 is 2.00 bits per heavy atom. The van der Waals surface area contributed by atoms with E-state index in [4.69, 9.17) is 11.6 Å². The second-order valence-corrected chi connectivity index (χ2v) is 7.80. The normalized spacial score (nSPS) is 14.1. The number of aromatic nitrogens is 3. The van der Waals surface area contributed by atoms with Gasteiger partial charge in [0.2, 0.25) is 5.91 Å². The van der Waals surface area contributed by atoms with Crippen molar-refractivity contribution in [2.45, 2.75) is 32.9 Å². The molecule has 1 aromatic carbocycles. The lowest BCUT2D eigenvalue weighted by molar-refractivity contribution is -0.130. The quantitative estimate of drug-likeness (QED) is 0.695. The first-order chi connectivity index (χ1) is 14.0. The maximum absolute atomic E-state index is 13.3. The van der Waals surface area contributed by atoms with Crippen LogP contribution in [0.2, 0.25) is 5.02 Å². The first-order valence-electron chi connectivity index (χ1n) is 9.73. The van der Waals surface area contributed by atoms with E-state index in [1.54, 1.807) is 15.5 Å². The van der Waals surface area contributed by atoms with Crippen molar-refractivity contribution < 1.29 is 9.90 Å². The zero-order valence-electron chi connectivity index (χ0n) is 16.3. The molecule has 0 atom stereocenters. The number of aliphatic hydroxyl groups excluding tert-OH is 1. The Morgan fingerprint density at radius 3 is 2.69 bits per heavy atom. The highest BCUT2D eigenvalue weighted by Crippen LogP contribution is 2.30. The number of carbonyl (C=O) groups excluding carboxylic acids is 1. The van der Waals surface area contributed by atoms with Gasteiger partial charge in [-0.15, -0.1) is 0 Å². The highest BCUT2D eigenvalue weighted by Gasteiger charge is 2.21. The summed E-state index contributed by atoms with van der Waals surface area (Å²) in [6.07, 6.45) is 5.25. The van der Waals surface area contributed by atoms with Gasteiger partial charge in [-0.05, 0) is 43.0 Å². The van der Waals surface area contributed by atoms with E-state index in [1.807, 2.05) is 25.3 Å². The standard InChI is InChI=1S/C21H23ClN4O3/c1-14-10-15(4-5-17(14)22)16-11-25(8-9-27)20-19(16)21(29)26(13-23-20)12-18(28)24-6-2-3-7-24/h4-5,10-11,13,27H,2-3,6-9,12H2,1H3. The minimum absolute atomic E-state index is 0.0218. The Balaban J connectivity index is 1.83. The van der Waals surface area contributed by atoms with Gasteiger partial charge in [0.1, 0.15) is 18.5 Å².